The molecule has 0 amide bonds. The van der Waals surface area contributed by atoms with Crippen molar-refractivity contribution < 1.29 is 9.53 Å². The average molecular weight is 289 g/mol. The van der Waals surface area contributed by atoms with E-state index in [0.717, 1.165) is 5.56 Å². The van der Waals surface area contributed by atoms with Crippen LogP contribution < -0.4 is 5.32 Å². The van der Waals surface area contributed by atoms with Crippen molar-refractivity contribution >= 4 is 16.7 Å². The Hall–Kier alpha value is -2.81. The molecule has 1 aliphatic carbocycles. The normalized spacial score (nSPS) is 18.7. The van der Waals surface area contributed by atoms with E-state index in [9.17, 15) is 4.79 Å². The second-order valence-corrected chi connectivity index (χ2v) is 5.46. The number of hydrogen-bond donors (Lipinski definition) is 1. The van der Waals surface area contributed by atoms with E-state index in [4.69, 9.17) is 4.74 Å². The van der Waals surface area contributed by atoms with Gasteiger partial charge in [-0.15, -0.1) is 0 Å². The van der Waals surface area contributed by atoms with Crippen molar-refractivity contribution in [1.29, 1.82) is 0 Å². The molecule has 0 bridgehead atoms. The van der Waals surface area contributed by atoms with Crippen LogP contribution in [0.3, 0.4) is 0 Å². The lowest BCUT2D eigenvalue weighted by molar-refractivity contribution is -0.141. The van der Waals surface area contributed by atoms with Gasteiger partial charge in [-0.05, 0) is 40.5 Å². The lowest BCUT2D eigenvalue weighted by Crippen LogP contribution is -2.19. The van der Waals surface area contributed by atoms with Crippen LogP contribution in [0.2, 0.25) is 0 Å². The largest absolute Gasteiger partial charge is 0.409 e. The fourth-order valence-corrected chi connectivity index (χ4v) is 3.13. The molecule has 2 aromatic rings. The van der Waals surface area contributed by atoms with Crippen LogP contribution in [-0.2, 0) is 16.0 Å². The SMILES string of the molecule is O=C(OC1=CC=CC=CN1)C1Cc2cccc3cccc1c23. The lowest BCUT2D eigenvalue weighted by Gasteiger charge is -2.13. The van der Waals surface area contributed by atoms with Crippen LogP contribution in [0.4, 0.5) is 0 Å². The molecule has 2 aliphatic rings. The molecular weight excluding hydrogens is 274 g/mol. The monoisotopic (exact) mass is 289 g/mol. The van der Waals surface area contributed by atoms with Crippen molar-refractivity contribution in [3.8, 4) is 0 Å². The molecular formula is C19H15NO2. The number of ether oxygens (including phenoxy) is 1. The molecule has 1 atom stereocenters. The molecule has 1 unspecified atom stereocenters. The minimum Gasteiger partial charge on any atom is -0.409 e. The van der Waals surface area contributed by atoms with Crippen molar-refractivity contribution in [3.05, 3.63) is 83.9 Å². The first-order valence-electron chi connectivity index (χ1n) is 7.35. The molecule has 0 spiro atoms. The summed E-state index contributed by atoms with van der Waals surface area (Å²) in [4.78, 5) is 12.6. The zero-order chi connectivity index (χ0) is 14.9. The molecule has 22 heavy (non-hydrogen) atoms. The van der Waals surface area contributed by atoms with Crippen molar-refractivity contribution in [3.63, 3.8) is 0 Å². The van der Waals surface area contributed by atoms with E-state index in [1.54, 1.807) is 12.3 Å². The minimum atomic E-state index is -0.236. The molecule has 0 radical (unpaired) electrons. The van der Waals surface area contributed by atoms with Gasteiger partial charge in [0.1, 0.15) is 0 Å². The molecule has 0 aromatic heterocycles. The topological polar surface area (TPSA) is 38.3 Å². The van der Waals surface area contributed by atoms with E-state index < -0.39 is 0 Å². The third kappa shape index (κ3) is 2.11. The molecule has 1 aliphatic heterocycles. The molecule has 108 valence electrons. The summed E-state index contributed by atoms with van der Waals surface area (Å²) in [5.74, 6) is 0.00398. The first-order chi connectivity index (χ1) is 10.8. The van der Waals surface area contributed by atoms with Gasteiger partial charge in [-0.25, -0.2) is 0 Å². The fraction of sp³-hybridized carbons (Fsp3) is 0.105. The first-order valence-corrected chi connectivity index (χ1v) is 7.35. The minimum absolute atomic E-state index is 0.217. The number of nitrogens with one attached hydrogen (secondary N) is 1. The summed E-state index contributed by atoms with van der Waals surface area (Å²) in [5.41, 5.74) is 2.29. The van der Waals surface area contributed by atoms with Crippen LogP contribution in [-0.4, -0.2) is 5.97 Å². The Morgan fingerprint density at radius 2 is 1.95 bits per heavy atom. The molecule has 0 saturated carbocycles. The highest BCUT2D eigenvalue weighted by Gasteiger charge is 2.31. The Morgan fingerprint density at radius 1 is 1.09 bits per heavy atom. The van der Waals surface area contributed by atoms with Gasteiger partial charge in [0.2, 0.25) is 5.88 Å². The number of hydrogen-bond acceptors (Lipinski definition) is 3. The summed E-state index contributed by atoms with van der Waals surface area (Å²) in [7, 11) is 0. The van der Waals surface area contributed by atoms with Gasteiger partial charge < -0.3 is 10.1 Å². The molecule has 1 heterocycles. The summed E-state index contributed by atoms with van der Waals surface area (Å²) in [5, 5.41) is 5.34. The van der Waals surface area contributed by atoms with Crippen molar-refractivity contribution in [2.75, 3.05) is 0 Å². The Morgan fingerprint density at radius 3 is 2.86 bits per heavy atom. The molecule has 4 rings (SSSR count). The molecule has 0 fully saturated rings. The van der Waals surface area contributed by atoms with Gasteiger partial charge >= 0.3 is 5.97 Å². The van der Waals surface area contributed by atoms with E-state index in [2.05, 4.69) is 23.5 Å². The first kappa shape index (κ1) is 12.9. The quantitative estimate of drug-likeness (QED) is 0.859. The number of benzene rings is 2. The third-order valence-electron chi connectivity index (χ3n) is 4.11. The number of esters is 1. The molecule has 1 N–H and O–H groups in total. The number of rotatable bonds is 2. The van der Waals surface area contributed by atoms with Gasteiger partial charge in [0.05, 0.1) is 5.92 Å². The van der Waals surface area contributed by atoms with Crippen LogP contribution in [0.15, 0.2) is 72.8 Å². The van der Waals surface area contributed by atoms with E-state index in [0.29, 0.717) is 12.3 Å². The second-order valence-electron chi connectivity index (χ2n) is 5.46. The maximum absolute atomic E-state index is 12.6. The van der Waals surface area contributed by atoms with Crippen LogP contribution in [0.1, 0.15) is 17.0 Å². The predicted octanol–water partition coefficient (Wildman–Crippen LogP) is 3.54. The standard InChI is InChI=1S/C19H15NO2/c21-19(22-17-10-2-1-3-11-20-17)16-12-14-8-4-6-13-7-5-9-15(16)18(13)14/h1-11,16,20H,12H2. The third-order valence-corrected chi connectivity index (χ3v) is 4.11. The van der Waals surface area contributed by atoms with E-state index in [1.807, 2.05) is 36.4 Å². The predicted molar refractivity (Wildman–Crippen MR) is 86.0 cm³/mol. The summed E-state index contributed by atoms with van der Waals surface area (Å²) >= 11 is 0. The van der Waals surface area contributed by atoms with E-state index in [-0.39, 0.29) is 11.9 Å². The van der Waals surface area contributed by atoms with Crippen LogP contribution in [0, 0.1) is 0 Å². The van der Waals surface area contributed by atoms with Gasteiger partial charge in [0.15, 0.2) is 0 Å². The Labute approximate surface area is 128 Å². The second kappa shape index (κ2) is 5.19. The Kier molecular flexibility index (Phi) is 3.04. The molecule has 3 heteroatoms. The van der Waals surface area contributed by atoms with Gasteiger partial charge in [0, 0.05) is 6.20 Å². The Bertz CT molecular complexity index is 840. The van der Waals surface area contributed by atoms with Gasteiger partial charge in [-0.3, -0.25) is 4.79 Å². The van der Waals surface area contributed by atoms with E-state index >= 15 is 0 Å². The van der Waals surface area contributed by atoms with E-state index in [1.165, 1.54) is 16.3 Å². The van der Waals surface area contributed by atoms with Crippen LogP contribution >= 0.6 is 0 Å². The fourth-order valence-electron chi connectivity index (χ4n) is 3.13. The maximum atomic E-state index is 12.6. The highest BCUT2D eigenvalue weighted by Crippen LogP contribution is 2.39. The Balaban J connectivity index is 1.64. The number of carbonyl (C=O) groups excluding carboxylic acids is 1. The number of carbonyl (C=O) groups is 1. The molecule has 3 nitrogen and oxygen atoms in total. The summed E-state index contributed by atoms with van der Waals surface area (Å²) in [6.07, 6.45) is 9.76. The van der Waals surface area contributed by atoms with Crippen LogP contribution in [0.25, 0.3) is 10.8 Å². The zero-order valence-corrected chi connectivity index (χ0v) is 12.0. The highest BCUT2D eigenvalue weighted by molar-refractivity contribution is 5.97. The van der Waals surface area contributed by atoms with Crippen molar-refractivity contribution in [2.24, 2.45) is 0 Å². The van der Waals surface area contributed by atoms with Gasteiger partial charge in [0.25, 0.3) is 0 Å². The maximum Gasteiger partial charge on any atom is 0.320 e. The van der Waals surface area contributed by atoms with Gasteiger partial charge in [-0.1, -0.05) is 48.6 Å². The lowest BCUT2D eigenvalue weighted by atomic mass is 10.0. The molecule has 2 aromatic carbocycles. The smallest absolute Gasteiger partial charge is 0.320 e. The highest BCUT2D eigenvalue weighted by atomic mass is 16.5. The van der Waals surface area contributed by atoms with Gasteiger partial charge in [-0.2, -0.15) is 0 Å². The average Bonchev–Trinajstić information content (AvgIpc) is 2.74. The van der Waals surface area contributed by atoms with Crippen molar-refractivity contribution in [1.82, 2.24) is 5.32 Å². The molecule has 0 saturated heterocycles. The van der Waals surface area contributed by atoms with Crippen LogP contribution in [0.5, 0.6) is 0 Å². The number of allylic oxidation sites excluding steroid dienone is 4. The summed E-state index contributed by atoms with van der Waals surface area (Å²) in [6.45, 7) is 0. The summed E-state index contributed by atoms with van der Waals surface area (Å²) in [6, 6.07) is 12.3. The summed E-state index contributed by atoms with van der Waals surface area (Å²) < 4.78 is 5.53. The zero-order valence-electron chi connectivity index (χ0n) is 12.0. The van der Waals surface area contributed by atoms with Crippen molar-refractivity contribution in [2.45, 2.75) is 12.3 Å².